The molecule has 2 aromatic rings. The zero-order valence-electron chi connectivity index (χ0n) is 16.0. The molecule has 0 spiro atoms. The minimum atomic E-state index is -0.249. The summed E-state index contributed by atoms with van der Waals surface area (Å²) in [5, 5.41) is 9.46. The van der Waals surface area contributed by atoms with Gasteiger partial charge in [-0.25, -0.2) is 14.4 Å². The molecule has 0 saturated carbocycles. The Bertz CT molecular complexity index is 765. The predicted octanol–water partition coefficient (Wildman–Crippen LogP) is 2.87. The molecule has 150 valence electrons. The number of ether oxygens (including phenoxy) is 1. The average molecular weight is 386 g/mol. The summed E-state index contributed by atoms with van der Waals surface area (Å²) in [7, 11) is 0. The monoisotopic (exact) mass is 386 g/mol. The molecule has 2 aliphatic heterocycles. The lowest BCUT2D eigenvalue weighted by Gasteiger charge is -2.35. The van der Waals surface area contributed by atoms with Crippen molar-refractivity contribution in [3.63, 3.8) is 0 Å². The van der Waals surface area contributed by atoms with E-state index in [2.05, 4.69) is 25.8 Å². The second-order valence-electron chi connectivity index (χ2n) is 7.63. The number of piperidine rings is 2. The molecule has 0 radical (unpaired) electrons. The van der Waals surface area contributed by atoms with E-state index in [1.807, 2.05) is 0 Å². The molecule has 1 unspecified atom stereocenters. The topological polar surface area (TPSA) is 61.7 Å². The minimum Gasteiger partial charge on any atom is -0.490 e. The third kappa shape index (κ3) is 4.52. The van der Waals surface area contributed by atoms with Crippen LogP contribution in [-0.2, 0) is 0 Å². The van der Waals surface area contributed by atoms with Crippen molar-refractivity contribution in [1.82, 2.24) is 9.97 Å². The molecule has 1 N–H and O–H groups in total. The molecule has 2 aliphatic rings. The lowest BCUT2D eigenvalue weighted by molar-refractivity contribution is 0.170. The van der Waals surface area contributed by atoms with E-state index in [0.29, 0.717) is 11.7 Å². The van der Waals surface area contributed by atoms with Crippen LogP contribution in [0.1, 0.15) is 25.7 Å². The summed E-state index contributed by atoms with van der Waals surface area (Å²) in [6.45, 7) is 3.78. The largest absolute Gasteiger partial charge is 0.490 e. The predicted molar refractivity (Wildman–Crippen MR) is 106 cm³/mol. The molecule has 7 heteroatoms. The molecule has 0 aliphatic carbocycles. The van der Waals surface area contributed by atoms with Crippen molar-refractivity contribution in [2.45, 2.75) is 31.8 Å². The van der Waals surface area contributed by atoms with Gasteiger partial charge in [0, 0.05) is 51.7 Å². The third-order valence-electron chi connectivity index (χ3n) is 5.62. The molecule has 28 heavy (non-hydrogen) atoms. The Kier molecular flexibility index (Phi) is 5.90. The number of hydrogen-bond donors (Lipinski definition) is 1. The zero-order valence-corrected chi connectivity index (χ0v) is 16.0. The molecule has 1 aromatic heterocycles. The first kappa shape index (κ1) is 18.9. The van der Waals surface area contributed by atoms with Crippen molar-refractivity contribution in [1.29, 1.82) is 0 Å². The summed E-state index contributed by atoms with van der Waals surface area (Å²) in [6, 6.07) is 8.26. The van der Waals surface area contributed by atoms with E-state index >= 15 is 0 Å². The van der Waals surface area contributed by atoms with Crippen LogP contribution in [0.3, 0.4) is 0 Å². The molecule has 4 rings (SSSR count). The first-order valence-corrected chi connectivity index (χ1v) is 10.1. The van der Waals surface area contributed by atoms with Crippen molar-refractivity contribution >= 4 is 11.6 Å². The lowest BCUT2D eigenvalue weighted by atomic mass is 9.99. The highest BCUT2D eigenvalue weighted by Crippen LogP contribution is 2.26. The molecule has 2 saturated heterocycles. The fourth-order valence-corrected chi connectivity index (χ4v) is 4.01. The Hall–Kier alpha value is -2.41. The molecule has 1 aromatic carbocycles. The summed E-state index contributed by atoms with van der Waals surface area (Å²) < 4.78 is 19.0. The summed E-state index contributed by atoms with van der Waals surface area (Å²) in [5.41, 5.74) is 0. The molecule has 1 atom stereocenters. The molecule has 3 heterocycles. The number of aliphatic hydroxyl groups is 1. The summed E-state index contributed by atoms with van der Waals surface area (Å²) in [5.74, 6) is 2.67. The van der Waals surface area contributed by atoms with E-state index in [-0.39, 0.29) is 18.5 Å². The van der Waals surface area contributed by atoms with Gasteiger partial charge >= 0.3 is 0 Å². The quantitative estimate of drug-likeness (QED) is 0.853. The van der Waals surface area contributed by atoms with Crippen LogP contribution in [0.2, 0.25) is 0 Å². The van der Waals surface area contributed by atoms with E-state index in [1.54, 1.807) is 18.5 Å². The van der Waals surface area contributed by atoms with Gasteiger partial charge in [-0.2, -0.15) is 0 Å². The fraction of sp³-hybridized carbons (Fsp3) is 0.524. The van der Waals surface area contributed by atoms with Crippen molar-refractivity contribution < 1.29 is 14.2 Å². The average Bonchev–Trinajstić information content (AvgIpc) is 2.76. The van der Waals surface area contributed by atoms with Crippen LogP contribution in [0.25, 0.3) is 0 Å². The smallest absolute Gasteiger partial charge is 0.134 e. The summed E-state index contributed by atoms with van der Waals surface area (Å²) >= 11 is 0. The standard InChI is InChI=1S/C21H27FN4O2/c22-17-3-5-18(6-4-17)28-19-7-10-25(11-8-19)20-12-21(24-15-23-20)26-9-1-2-16(13-26)14-27/h3-6,12,15-16,19,27H,1-2,7-11,13-14H2. The van der Waals surface area contributed by atoms with Crippen LogP contribution in [0.4, 0.5) is 16.0 Å². The lowest BCUT2D eigenvalue weighted by Crippen LogP contribution is -2.39. The van der Waals surface area contributed by atoms with Crippen LogP contribution < -0.4 is 14.5 Å². The highest BCUT2D eigenvalue weighted by Gasteiger charge is 2.24. The maximum atomic E-state index is 13.0. The molecule has 0 amide bonds. The molecule has 2 fully saturated rings. The highest BCUT2D eigenvalue weighted by molar-refractivity contribution is 5.50. The van der Waals surface area contributed by atoms with Gasteiger partial charge in [-0.3, -0.25) is 0 Å². The second kappa shape index (κ2) is 8.73. The van der Waals surface area contributed by atoms with Crippen LogP contribution in [0.5, 0.6) is 5.75 Å². The van der Waals surface area contributed by atoms with Gasteiger partial charge in [0.05, 0.1) is 0 Å². The van der Waals surface area contributed by atoms with Gasteiger partial charge in [0.15, 0.2) is 0 Å². The first-order chi connectivity index (χ1) is 13.7. The van der Waals surface area contributed by atoms with E-state index in [4.69, 9.17) is 4.74 Å². The van der Waals surface area contributed by atoms with Crippen LogP contribution >= 0.6 is 0 Å². The number of aromatic nitrogens is 2. The van der Waals surface area contributed by atoms with Crippen molar-refractivity contribution in [3.8, 4) is 5.75 Å². The van der Waals surface area contributed by atoms with E-state index in [9.17, 15) is 9.50 Å². The molecular weight excluding hydrogens is 359 g/mol. The SMILES string of the molecule is OCC1CCCN(c2cc(N3CCC(Oc4ccc(F)cc4)CC3)ncn2)C1. The van der Waals surface area contributed by atoms with Gasteiger partial charge in [-0.15, -0.1) is 0 Å². The Morgan fingerprint density at radius 1 is 1.00 bits per heavy atom. The number of aliphatic hydroxyl groups excluding tert-OH is 1. The Morgan fingerprint density at radius 3 is 2.43 bits per heavy atom. The maximum absolute atomic E-state index is 13.0. The number of nitrogens with zero attached hydrogens (tertiary/aromatic N) is 4. The van der Waals surface area contributed by atoms with E-state index in [0.717, 1.165) is 63.5 Å². The Balaban J connectivity index is 1.35. The van der Waals surface area contributed by atoms with Crippen molar-refractivity contribution in [2.24, 2.45) is 5.92 Å². The summed E-state index contributed by atoms with van der Waals surface area (Å²) in [6.07, 6.45) is 5.72. The van der Waals surface area contributed by atoms with Gasteiger partial charge < -0.3 is 19.6 Å². The zero-order chi connectivity index (χ0) is 19.3. The normalized spacial score (nSPS) is 21.0. The van der Waals surface area contributed by atoms with Crippen molar-refractivity contribution in [2.75, 3.05) is 42.6 Å². The van der Waals surface area contributed by atoms with E-state index in [1.165, 1.54) is 12.1 Å². The second-order valence-corrected chi connectivity index (χ2v) is 7.63. The van der Waals surface area contributed by atoms with Crippen LogP contribution in [0.15, 0.2) is 36.7 Å². The summed E-state index contributed by atoms with van der Waals surface area (Å²) in [4.78, 5) is 13.4. The third-order valence-corrected chi connectivity index (χ3v) is 5.62. The number of hydrogen-bond acceptors (Lipinski definition) is 6. The van der Waals surface area contributed by atoms with E-state index < -0.39 is 0 Å². The van der Waals surface area contributed by atoms with Crippen molar-refractivity contribution in [3.05, 3.63) is 42.5 Å². The molecule has 0 bridgehead atoms. The number of benzene rings is 1. The number of rotatable bonds is 5. The Labute approximate surface area is 165 Å². The Morgan fingerprint density at radius 2 is 1.71 bits per heavy atom. The fourth-order valence-electron chi connectivity index (χ4n) is 4.01. The van der Waals surface area contributed by atoms with Gasteiger partial charge in [0.25, 0.3) is 0 Å². The van der Waals surface area contributed by atoms with Crippen LogP contribution in [0, 0.1) is 11.7 Å². The first-order valence-electron chi connectivity index (χ1n) is 10.1. The van der Waals surface area contributed by atoms with Crippen LogP contribution in [-0.4, -0.2) is 54.0 Å². The molecular formula is C21H27FN4O2. The molecule has 6 nitrogen and oxygen atoms in total. The van der Waals surface area contributed by atoms with Gasteiger partial charge in [0.2, 0.25) is 0 Å². The van der Waals surface area contributed by atoms with Gasteiger partial charge in [-0.05, 0) is 43.0 Å². The maximum Gasteiger partial charge on any atom is 0.134 e. The number of anilines is 2. The minimum absolute atomic E-state index is 0.135. The highest BCUT2D eigenvalue weighted by atomic mass is 19.1. The van der Waals surface area contributed by atoms with Gasteiger partial charge in [0.1, 0.15) is 35.6 Å². The number of halogens is 1. The van der Waals surface area contributed by atoms with Gasteiger partial charge in [-0.1, -0.05) is 0 Å².